The molecule has 1 aromatic rings. The number of carbonyl (C=O) groups excluding carboxylic acids is 8. The molecule has 3 aliphatic rings. The summed E-state index contributed by atoms with van der Waals surface area (Å²) in [7, 11) is 6.14. The van der Waals surface area contributed by atoms with E-state index in [0.717, 1.165) is 24.2 Å². The van der Waals surface area contributed by atoms with Crippen molar-refractivity contribution in [3.8, 4) is 0 Å². The summed E-state index contributed by atoms with van der Waals surface area (Å²) >= 11 is 0. The van der Waals surface area contributed by atoms with Gasteiger partial charge in [-0.2, -0.15) is 0 Å². The molecule has 20 heteroatoms. The van der Waals surface area contributed by atoms with Gasteiger partial charge in [-0.05, 0) is 68.4 Å². The Morgan fingerprint density at radius 2 is 1.50 bits per heavy atom. The molecule has 12 atom stereocenters. The maximum atomic E-state index is 14.8. The van der Waals surface area contributed by atoms with Crippen molar-refractivity contribution in [1.29, 1.82) is 0 Å². The SMILES string of the molecule is CC[C@H](C)[C@@H]([C@@H](CC(=O)N1CCC[C@H]1[C@H](OC)[C@@H](C)C(=O)N[C@H](C)[C@@H](O)c1ccccc1)OC)N(C)C(=O)[C@@H](NC(=O)[C@H](C(C)C)N(C)C(=O)OC1/C=C/CCCCC1OCC(=O)NCCN1C(=O)C=CC1=O)C(C)C. The smallest absolute Gasteiger partial charge is 0.410 e. The van der Waals surface area contributed by atoms with Crippen LogP contribution in [0.2, 0.25) is 0 Å². The second-order valence-electron chi connectivity index (χ2n) is 21.2. The molecule has 1 saturated heterocycles. The van der Waals surface area contributed by atoms with E-state index in [1.54, 1.807) is 62.8 Å². The van der Waals surface area contributed by atoms with Crippen molar-refractivity contribution in [2.75, 3.05) is 54.6 Å². The summed E-state index contributed by atoms with van der Waals surface area (Å²) in [5.41, 5.74) is 0.677. The van der Waals surface area contributed by atoms with Crippen LogP contribution in [0.3, 0.4) is 0 Å². The van der Waals surface area contributed by atoms with Crippen LogP contribution in [0.15, 0.2) is 54.6 Å². The van der Waals surface area contributed by atoms with E-state index in [1.165, 1.54) is 38.3 Å². The summed E-state index contributed by atoms with van der Waals surface area (Å²) < 4.78 is 24.1. The quantitative estimate of drug-likeness (QED) is 0.0711. The van der Waals surface area contributed by atoms with Gasteiger partial charge < -0.3 is 49.8 Å². The summed E-state index contributed by atoms with van der Waals surface area (Å²) in [6.45, 7) is 14.8. The average Bonchev–Trinajstić information content (AvgIpc) is 4.00. The molecule has 20 nitrogen and oxygen atoms in total. The maximum Gasteiger partial charge on any atom is 0.410 e. The van der Waals surface area contributed by atoms with Gasteiger partial charge in [0, 0.05) is 60.1 Å². The molecule has 4 N–H and O–H groups in total. The van der Waals surface area contributed by atoms with Crippen LogP contribution in [0.5, 0.6) is 0 Å². The number of amides is 8. The second-order valence-corrected chi connectivity index (χ2v) is 21.2. The fourth-order valence-corrected chi connectivity index (χ4v) is 10.5. The maximum absolute atomic E-state index is 14.8. The Bertz CT molecular complexity index is 2160. The van der Waals surface area contributed by atoms with Crippen LogP contribution in [0.1, 0.15) is 118 Å². The summed E-state index contributed by atoms with van der Waals surface area (Å²) in [5.74, 6) is -4.54. The molecule has 0 bridgehead atoms. The molecule has 0 saturated carbocycles. The monoisotopic (exact) mass is 1070 g/mol. The highest BCUT2D eigenvalue weighted by Crippen LogP contribution is 2.30. The number of benzene rings is 1. The largest absolute Gasteiger partial charge is 0.439 e. The zero-order chi connectivity index (χ0) is 56.4. The normalized spacial score (nSPS) is 21.8. The van der Waals surface area contributed by atoms with Gasteiger partial charge in [0.25, 0.3) is 11.8 Å². The highest BCUT2D eigenvalue weighted by Gasteiger charge is 2.44. The van der Waals surface area contributed by atoms with Crippen molar-refractivity contribution in [1.82, 2.24) is 35.6 Å². The van der Waals surface area contributed by atoms with Gasteiger partial charge in [-0.3, -0.25) is 43.4 Å². The lowest BCUT2D eigenvalue weighted by Gasteiger charge is -2.41. The Balaban J connectivity index is 1.43. The third-order valence-corrected chi connectivity index (χ3v) is 15.1. The Morgan fingerprint density at radius 3 is 2.11 bits per heavy atom. The molecule has 424 valence electrons. The zero-order valence-electron chi connectivity index (χ0n) is 46.9. The Hall–Kier alpha value is -5.70. The van der Waals surface area contributed by atoms with Crippen LogP contribution in [-0.4, -0.2) is 181 Å². The first-order valence-electron chi connectivity index (χ1n) is 27.1. The van der Waals surface area contributed by atoms with Crippen molar-refractivity contribution >= 4 is 47.4 Å². The fourth-order valence-electron chi connectivity index (χ4n) is 10.5. The molecule has 1 aliphatic carbocycles. The van der Waals surface area contributed by atoms with Gasteiger partial charge in [0.15, 0.2) is 0 Å². The van der Waals surface area contributed by atoms with Gasteiger partial charge in [0.05, 0.1) is 54.9 Å². The highest BCUT2D eigenvalue weighted by atomic mass is 16.6. The molecule has 1 aromatic carbocycles. The lowest BCUT2D eigenvalue weighted by atomic mass is 9.89. The van der Waals surface area contributed by atoms with Gasteiger partial charge in [-0.15, -0.1) is 0 Å². The van der Waals surface area contributed by atoms with E-state index in [1.807, 2.05) is 52.0 Å². The number of methoxy groups -OCH3 is 2. The number of likely N-dealkylation sites (N-methyl/N-ethyl adjacent to an activating group) is 2. The molecule has 1 fully saturated rings. The summed E-state index contributed by atoms with van der Waals surface area (Å²) in [6.07, 6.45) is 5.89. The lowest BCUT2D eigenvalue weighted by molar-refractivity contribution is -0.148. The molecule has 0 aromatic heterocycles. The van der Waals surface area contributed by atoms with E-state index < -0.39 is 114 Å². The predicted octanol–water partition coefficient (Wildman–Crippen LogP) is 4.30. The van der Waals surface area contributed by atoms with Crippen LogP contribution in [0.25, 0.3) is 0 Å². The van der Waals surface area contributed by atoms with Gasteiger partial charge in [-0.1, -0.05) is 97.7 Å². The molecular weight excluding hydrogens is 979 g/mol. The minimum atomic E-state index is -1.07. The van der Waals surface area contributed by atoms with Crippen molar-refractivity contribution in [3.05, 3.63) is 60.2 Å². The number of allylic oxidation sites excluding steroid dienone is 1. The molecule has 8 amide bonds. The highest BCUT2D eigenvalue weighted by molar-refractivity contribution is 6.12. The third-order valence-electron chi connectivity index (χ3n) is 15.1. The van der Waals surface area contributed by atoms with Crippen LogP contribution >= 0.6 is 0 Å². The standard InChI is InChI=1S/C56H87N7O13/c1-13-36(6)50(43(73-11)32-47(67)62-30-21-24-40(62)52(74-12)37(7)53(69)58-38(8)51(68)39-22-17-16-18-23-39)60(9)55(71)48(34(2)3)59-54(70)49(35(4)5)61(10)56(72)76-42-26-20-15-14-19-25-41(42)75-33-44(64)57-29-31-63-45(65)27-28-46(63)66/h16-18,20,22-23,26-28,34-38,40-43,48-52,68H,13-15,19,21,24-25,29-33H2,1-12H3,(H,57,64)(H,58,69)(H,59,70)/b26-20+/t36-,37+,38+,40-,41?,42?,43+,48-,49-,50-,51+,52+/m0/s1. The van der Waals surface area contributed by atoms with E-state index in [0.29, 0.717) is 37.8 Å². The van der Waals surface area contributed by atoms with Gasteiger partial charge in [-0.25, -0.2) is 4.79 Å². The Labute approximate surface area is 450 Å². The number of hydrogen-bond acceptors (Lipinski definition) is 13. The van der Waals surface area contributed by atoms with E-state index in [9.17, 15) is 43.5 Å². The number of hydrogen-bond donors (Lipinski definition) is 4. The number of nitrogens with zero attached hydrogens (tertiary/aromatic N) is 4. The van der Waals surface area contributed by atoms with E-state index >= 15 is 0 Å². The number of imide groups is 1. The number of likely N-dealkylation sites (tertiary alicyclic amines) is 1. The number of nitrogens with one attached hydrogen (secondary N) is 3. The van der Waals surface area contributed by atoms with Crippen LogP contribution in [-0.2, 0) is 52.5 Å². The fraction of sp³-hybridized carbons (Fsp3) is 0.679. The van der Waals surface area contributed by atoms with Crippen LogP contribution in [0, 0.1) is 23.7 Å². The molecule has 76 heavy (non-hydrogen) atoms. The van der Waals surface area contributed by atoms with Gasteiger partial charge in [0.1, 0.15) is 24.8 Å². The molecule has 4 rings (SSSR count). The molecule has 0 spiro atoms. The minimum Gasteiger partial charge on any atom is -0.439 e. The topological polar surface area (TPSA) is 243 Å². The molecule has 2 heterocycles. The lowest BCUT2D eigenvalue weighted by Crippen LogP contribution is -2.60. The number of aliphatic hydroxyl groups is 1. The average molecular weight is 1070 g/mol. The van der Waals surface area contributed by atoms with Gasteiger partial charge in [0.2, 0.25) is 29.5 Å². The van der Waals surface area contributed by atoms with Gasteiger partial charge >= 0.3 is 6.09 Å². The van der Waals surface area contributed by atoms with E-state index in [-0.39, 0.29) is 43.8 Å². The molecule has 0 radical (unpaired) electrons. The second kappa shape index (κ2) is 30.3. The van der Waals surface area contributed by atoms with Crippen molar-refractivity contribution < 1.29 is 62.4 Å². The molecular formula is C56H87N7O13. The van der Waals surface area contributed by atoms with E-state index in [2.05, 4.69) is 16.0 Å². The first kappa shape index (κ1) is 62.8. The number of rotatable bonds is 27. The van der Waals surface area contributed by atoms with Crippen LogP contribution in [0.4, 0.5) is 4.79 Å². The summed E-state index contributed by atoms with van der Waals surface area (Å²) in [5, 5.41) is 19.5. The third kappa shape index (κ3) is 16.9. The Morgan fingerprint density at radius 1 is 0.829 bits per heavy atom. The van der Waals surface area contributed by atoms with Crippen molar-refractivity contribution in [2.45, 2.75) is 167 Å². The number of carbonyl (C=O) groups is 8. The molecule has 2 unspecified atom stereocenters. The minimum absolute atomic E-state index is 0.00349. The van der Waals surface area contributed by atoms with Crippen LogP contribution < -0.4 is 16.0 Å². The zero-order valence-corrected chi connectivity index (χ0v) is 46.9. The predicted molar refractivity (Wildman–Crippen MR) is 285 cm³/mol. The van der Waals surface area contributed by atoms with Crippen molar-refractivity contribution in [3.63, 3.8) is 0 Å². The number of aliphatic hydroxyl groups excluding tert-OH is 1. The summed E-state index contributed by atoms with van der Waals surface area (Å²) in [4.78, 5) is 113. The van der Waals surface area contributed by atoms with E-state index in [4.69, 9.17) is 18.9 Å². The Kier molecular flexibility index (Phi) is 25.0. The summed E-state index contributed by atoms with van der Waals surface area (Å²) in [6, 6.07) is 5.36. The molecule has 2 aliphatic heterocycles. The first-order valence-corrected chi connectivity index (χ1v) is 27.1. The first-order chi connectivity index (χ1) is 36.1. The van der Waals surface area contributed by atoms with Crippen molar-refractivity contribution in [2.24, 2.45) is 23.7 Å². The number of ether oxygens (including phenoxy) is 4.